The summed E-state index contributed by atoms with van der Waals surface area (Å²) in [6, 6.07) is 0. The van der Waals surface area contributed by atoms with Gasteiger partial charge in [0.05, 0.1) is 5.57 Å². The number of dihydropyridines is 1. The minimum atomic E-state index is -1.05. The largest absolute Gasteiger partial charge is 0.369 e. The van der Waals surface area contributed by atoms with Crippen molar-refractivity contribution in [3.05, 3.63) is 23.9 Å². The molecule has 1 heterocycles. The Morgan fingerprint density at radius 2 is 2.45 bits per heavy atom. The highest BCUT2D eigenvalue weighted by Gasteiger charge is 2.17. The molecule has 1 amide bonds. The standard InChI is InChI=1S/C6H8N2O3/c9-5-4(6(10)8-11)2-1-3-7-5/h1-3,5,7,9,11H,(H,8,10). The van der Waals surface area contributed by atoms with E-state index in [9.17, 15) is 4.79 Å². The maximum Gasteiger partial charge on any atom is 0.275 e. The fraction of sp³-hybridized carbons (Fsp3) is 0.167. The summed E-state index contributed by atoms with van der Waals surface area (Å²) in [7, 11) is 0. The minimum absolute atomic E-state index is 0.0787. The lowest BCUT2D eigenvalue weighted by Gasteiger charge is -2.15. The first kappa shape index (κ1) is 7.77. The lowest BCUT2D eigenvalue weighted by Crippen LogP contribution is -2.36. The van der Waals surface area contributed by atoms with E-state index in [4.69, 9.17) is 10.3 Å². The number of allylic oxidation sites excluding steroid dienone is 2. The van der Waals surface area contributed by atoms with Crippen LogP contribution >= 0.6 is 0 Å². The molecular formula is C6H8N2O3. The molecule has 0 fully saturated rings. The van der Waals surface area contributed by atoms with Gasteiger partial charge in [-0.15, -0.1) is 0 Å². The molecule has 0 aromatic rings. The zero-order valence-corrected chi connectivity index (χ0v) is 5.61. The summed E-state index contributed by atoms with van der Waals surface area (Å²) >= 11 is 0. The molecule has 5 nitrogen and oxygen atoms in total. The first-order valence-corrected chi connectivity index (χ1v) is 3.01. The SMILES string of the molecule is O=C(NO)C1=CC=CNC1O. The van der Waals surface area contributed by atoms with Crippen LogP contribution in [-0.2, 0) is 4.79 Å². The lowest BCUT2D eigenvalue weighted by molar-refractivity contribution is -0.126. The molecule has 0 aromatic carbocycles. The van der Waals surface area contributed by atoms with Crippen LogP contribution in [0.2, 0.25) is 0 Å². The summed E-state index contributed by atoms with van der Waals surface area (Å²) in [5.41, 5.74) is 1.50. The molecule has 0 aromatic heterocycles. The molecule has 1 atom stereocenters. The highest BCUT2D eigenvalue weighted by atomic mass is 16.5. The number of nitrogens with one attached hydrogen (secondary N) is 2. The number of hydrogen-bond donors (Lipinski definition) is 4. The molecule has 11 heavy (non-hydrogen) atoms. The second kappa shape index (κ2) is 3.18. The maximum atomic E-state index is 10.7. The van der Waals surface area contributed by atoms with Gasteiger partial charge in [-0.3, -0.25) is 10.0 Å². The number of amides is 1. The van der Waals surface area contributed by atoms with Crippen molar-refractivity contribution in [2.45, 2.75) is 6.23 Å². The molecule has 1 aliphatic rings. The van der Waals surface area contributed by atoms with E-state index in [-0.39, 0.29) is 5.57 Å². The van der Waals surface area contributed by atoms with E-state index in [0.717, 1.165) is 0 Å². The van der Waals surface area contributed by atoms with E-state index < -0.39 is 12.1 Å². The van der Waals surface area contributed by atoms with Crippen molar-refractivity contribution in [2.75, 3.05) is 0 Å². The fourth-order valence-corrected chi connectivity index (χ4v) is 0.744. The van der Waals surface area contributed by atoms with Crippen LogP contribution in [0.3, 0.4) is 0 Å². The molecule has 0 spiro atoms. The van der Waals surface area contributed by atoms with Gasteiger partial charge in [-0.25, -0.2) is 5.48 Å². The summed E-state index contributed by atoms with van der Waals surface area (Å²) in [5, 5.41) is 19.8. The second-order valence-electron chi connectivity index (χ2n) is 1.99. The third kappa shape index (κ3) is 1.57. The number of aliphatic hydroxyl groups excluding tert-OH is 1. The van der Waals surface area contributed by atoms with Gasteiger partial charge in [0.1, 0.15) is 0 Å². The number of hydrogen-bond acceptors (Lipinski definition) is 4. The number of rotatable bonds is 1. The van der Waals surface area contributed by atoms with Crippen LogP contribution in [0.1, 0.15) is 0 Å². The lowest BCUT2D eigenvalue weighted by atomic mass is 10.1. The van der Waals surface area contributed by atoms with Gasteiger partial charge in [0.15, 0.2) is 6.23 Å². The average Bonchev–Trinajstić information content (AvgIpc) is 2.04. The molecular weight excluding hydrogens is 148 g/mol. The topological polar surface area (TPSA) is 81.6 Å². The van der Waals surface area contributed by atoms with Gasteiger partial charge in [-0.1, -0.05) is 0 Å². The molecule has 1 aliphatic heterocycles. The van der Waals surface area contributed by atoms with Crippen molar-refractivity contribution in [1.82, 2.24) is 10.8 Å². The zero-order chi connectivity index (χ0) is 8.27. The molecule has 0 saturated carbocycles. The Hall–Kier alpha value is -1.33. The molecule has 4 N–H and O–H groups in total. The normalized spacial score (nSPS) is 22.0. The molecule has 60 valence electrons. The van der Waals surface area contributed by atoms with Gasteiger partial charge >= 0.3 is 0 Å². The average molecular weight is 156 g/mol. The summed E-state index contributed by atoms with van der Waals surface area (Å²) in [6.45, 7) is 0. The molecule has 5 heteroatoms. The summed E-state index contributed by atoms with van der Waals surface area (Å²) < 4.78 is 0. The Morgan fingerprint density at radius 1 is 1.73 bits per heavy atom. The smallest absolute Gasteiger partial charge is 0.275 e. The van der Waals surface area contributed by atoms with Gasteiger partial charge in [0.2, 0.25) is 0 Å². The summed E-state index contributed by atoms with van der Waals surface area (Å²) in [5.74, 6) is -0.714. The Labute approximate surface area is 63.0 Å². The predicted molar refractivity (Wildman–Crippen MR) is 36.3 cm³/mol. The molecule has 0 bridgehead atoms. The van der Waals surface area contributed by atoms with Crippen molar-refractivity contribution in [3.63, 3.8) is 0 Å². The third-order valence-corrected chi connectivity index (χ3v) is 1.28. The van der Waals surface area contributed by atoms with Gasteiger partial charge in [-0.05, 0) is 18.4 Å². The maximum absolute atomic E-state index is 10.7. The van der Waals surface area contributed by atoms with E-state index in [1.807, 2.05) is 0 Å². The van der Waals surface area contributed by atoms with Crippen molar-refractivity contribution >= 4 is 5.91 Å². The molecule has 0 saturated heterocycles. The quantitative estimate of drug-likeness (QED) is 0.285. The third-order valence-electron chi connectivity index (χ3n) is 1.28. The van der Waals surface area contributed by atoms with Crippen LogP contribution in [0.4, 0.5) is 0 Å². The number of carbonyl (C=O) groups excluding carboxylic acids is 1. The van der Waals surface area contributed by atoms with Gasteiger partial charge in [0, 0.05) is 0 Å². The molecule has 0 radical (unpaired) electrons. The van der Waals surface area contributed by atoms with Crippen molar-refractivity contribution in [2.24, 2.45) is 0 Å². The molecule has 1 unspecified atom stereocenters. The highest BCUT2D eigenvalue weighted by Crippen LogP contribution is 2.03. The number of hydroxylamine groups is 1. The number of carbonyl (C=O) groups is 1. The van der Waals surface area contributed by atoms with Crippen molar-refractivity contribution in [1.29, 1.82) is 0 Å². The van der Waals surface area contributed by atoms with Crippen LogP contribution in [-0.4, -0.2) is 22.4 Å². The first-order valence-electron chi connectivity index (χ1n) is 3.01. The van der Waals surface area contributed by atoms with E-state index in [1.54, 1.807) is 6.08 Å². The van der Waals surface area contributed by atoms with Crippen LogP contribution in [0.15, 0.2) is 23.9 Å². The van der Waals surface area contributed by atoms with Gasteiger partial charge < -0.3 is 10.4 Å². The Bertz CT molecular complexity index is 222. The van der Waals surface area contributed by atoms with E-state index in [1.165, 1.54) is 17.8 Å². The van der Waals surface area contributed by atoms with Crippen molar-refractivity contribution < 1.29 is 15.1 Å². The first-order chi connectivity index (χ1) is 5.25. The van der Waals surface area contributed by atoms with Crippen LogP contribution < -0.4 is 10.8 Å². The summed E-state index contributed by atoms with van der Waals surface area (Å²) in [4.78, 5) is 10.7. The fourth-order valence-electron chi connectivity index (χ4n) is 0.744. The van der Waals surface area contributed by atoms with Crippen LogP contribution in [0.25, 0.3) is 0 Å². The molecule has 0 aliphatic carbocycles. The second-order valence-corrected chi connectivity index (χ2v) is 1.99. The zero-order valence-electron chi connectivity index (χ0n) is 5.61. The van der Waals surface area contributed by atoms with E-state index in [0.29, 0.717) is 0 Å². The Morgan fingerprint density at radius 3 is 3.00 bits per heavy atom. The molecule has 1 rings (SSSR count). The number of aliphatic hydroxyl groups is 1. The van der Waals surface area contributed by atoms with E-state index >= 15 is 0 Å². The Balaban J connectivity index is 2.75. The van der Waals surface area contributed by atoms with Crippen molar-refractivity contribution in [3.8, 4) is 0 Å². The van der Waals surface area contributed by atoms with Gasteiger partial charge in [-0.2, -0.15) is 0 Å². The Kier molecular flexibility index (Phi) is 2.25. The van der Waals surface area contributed by atoms with Gasteiger partial charge in [0.25, 0.3) is 5.91 Å². The van der Waals surface area contributed by atoms with Crippen LogP contribution in [0.5, 0.6) is 0 Å². The highest BCUT2D eigenvalue weighted by molar-refractivity contribution is 5.93. The summed E-state index contributed by atoms with van der Waals surface area (Å²) in [6.07, 6.45) is 3.41. The van der Waals surface area contributed by atoms with Crippen LogP contribution in [0, 0.1) is 0 Å². The predicted octanol–water partition coefficient (Wildman–Crippen LogP) is -1.15. The van der Waals surface area contributed by atoms with E-state index in [2.05, 4.69) is 5.32 Å². The monoisotopic (exact) mass is 156 g/mol. The minimum Gasteiger partial charge on any atom is -0.369 e.